The molecule has 0 radical (unpaired) electrons. The molecule has 0 aromatic rings. The van der Waals surface area contributed by atoms with Crippen LogP contribution < -0.4 is 5.73 Å². The molecule has 0 unspecified atom stereocenters. The van der Waals surface area contributed by atoms with E-state index in [-0.39, 0.29) is 0 Å². The van der Waals surface area contributed by atoms with Gasteiger partial charge >= 0.3 is 0 Å². The second-order valence-corrected chi connectivity index (χ2v) is 3.68. The van der Waals surface area contributed by atoms with Crippen LogP contribution in [0, 0.1) is 0 Å². The Labute approximate surface area is 68.8 Å². The van der Waals surface area contributed by atoms with E-state index in [1.54, 1.807) is 0 Å². The van der Waals surface area contributed by atoms with E-state index >= 15 is 0 Å². The minimum atomic E-state index is -0.411. The summed E-state index contributed by atoms with van der Waals surface area (Å²) in [6.07, 6.45) is 7.63. The monoisotopic (exact) mass is 157 g/mol. The van der Waals surface area contributed by atoms with E-state index in [0.29, 0.717) is 6.54 Å². The molecule has 0 aromatic carbocycles. The Kier molecular flexibility index (Phi) is 3.34. The van der Waals surface area contributed by atoms with Crippen LogP contribution in [0.2, 0.25) is 0 Å². The minimum absolute atomic E-state index is 0.411. The average Bonchev–Trinajstić information content (AvgIpc) is 2.15. The molecule has 11 heavy (non-hydrogen) atoms. The number of rotatable bonds is 2. The smallest absolute Gasteiger partial charge is 0.0659 e. The highest BCUT2D eigenvalue weighted by atomic mass is 16.3. The Hall–Kier alpha value is -0.0800. The zero-order valence-electron chi connectivity index (χ0n) is 7.18. The molecule has 0 spiro atoms. The Morgan fingerprint density at radius 2 is 1.64 bits per heavy atom. The second-order valence-electron chi connectivity index (χ2n) is 3.68. The lowest BCUT2D eigenvalue weighted by Gasteiger charge is -2.25. The van der Waals surface area contributed by atoms with Gasteiger partial charge in [0.15, 0.2) is 0 Å². The molecule has 0 bridgehead atoms. The van der Waals surface area contributed by atoms with Gasteiger partial charge in [-0.05, 0) is 25.8 Å². The molecule has 1 aliphatic carbocycles. The largest absolute Gasteiger partial charge is 0.390 e. The van der Waals surface area contributed by atoms with Gasteiger partial charge in [-0.1, -0.05) is 25.7 Å². The third-order valence-electron chi connectivity index (χ3n) is 2.64. The summed E-state index contributed by atoms with van der Waals surface area (Å²) in [7, 11) is 0. The van der Waals surface area contributed by atoms with Crippen molar-refractivity contribution in [2.24, 2.45) is 5.73 Å². The van der Waals surface area contributed by atoms with Crippen molar-refractivity contribution in [3.63, 3.8) is 0 Å². The van der Waals surface area contributed by atoms with E-state index in [2.05, 4.69) is 0 Å². The van der Waals surface area contributed by atoms with Crippen molar-refractivity contribution in [1.29, 1.82) is 0 Å². The quantitative estimate of drug-likeness (QED) is 0.595. The third kappa shape index (κ3) is 2.80. The fraction of sp³-hybridized carbons (Fsp3) is 1.00. The fourth-order valence-electron chi connectivity index (χ4n) is 1.91. The third-order valence-corrected chi connectivity index (χ3v) is 2.64. The lowest BCUT2D eigenvalue weighted by atomic mass is 9.91. The van der Waals surface area contributed by atoms with Crippen molar-refractivity contribution in [3.05, 3.63) is 0 Å². The van der Waals surface area contributed by atoms with Crippen LogP contribution in [-0.2, 0) is 0 Å². The van der Waals surface area contributed by atoms with Crippen LogP contribution in [0.15, 0.2) is 0 Å². The standard InChI is InChI=1S/C9H19NO/c10-8-7-9(11)5-3-1-2-4-6-9/h11H,1-8,10H2. The molecule has 0 aliphatic heterocycles. The first kappa shape index (κ1) is 9.01. The highest BCUT2D eigenvalue weighted by molar-refractivity contribution is 4.80. The Bertz CT molecular complexity index is 106. The normalized spacial score (nSPS) is 24.5. The van der Waals surface area contributed by atoms with Crippen molar-refractivity contribution >= 4 is 0 Å². The second kappa shape index (κ2) is 4.07. The maximum atomic E-state index is 9.97. The van der Waals surface area contributed by atoms with Gasteiger partial charge in [-0.25, -0.2) is 0 Å². The van der Waals surface area contributed by atoms with Crippen molar-refractivity contribution < 1.29 is 5.11 Å². The van der Waals surface area contributed by atoms with Crippen molar-refractivity contribution in [1.82, 2.24) is 0 Å². The Morgan fingerprint density at radius 3 is 2.09 bits per heavy atom. The number of hydrogen-bond donors (Lipinski definition) is 2. The molecule has 3 N–H and O–H groups in total. The van der Waals surface area contributed by atoms with Gasteiger partial charge in [0, 0.05) is 0 Å². The highest BCUT2D eigenvalue weighted by Gasteiger charge is 2.26. The summed E-state index contributed by atoms with van der Waals surface area (Å²) in [6.45, 7) is 0.622. The molecule has 1 saturated carbocycles. The molecule has 0 heterocycles. The van der Waals surface area contributed by atoms with E-state index < -0.39 is 5.60 Å². The molecule has 0 atom stereocenters. The van der Waals surface area contributed by atoms with Gasteiger partial charge in [-0.3, -0.25) is 0 Å². The molecule has 1 fully saturated rings. The predicted octanol–water partition coefficient (Wildman–Crippen LogP) is 1.42. The maximum absolute atomic E-state index is 9.97. The van der Waals surface area contributed by atoms with E-state index in [4.69, 9.17) is 5.73 Å². The fourth-order valence-corrected chi connectivity index (χ4v) is 1.91. The lowest BCUT2D eigenvalue weighted by molar-refractivity contribution is 0.0189. The summed E-state index contributed by atoms with van der Waals surface area (Å²) < 4.78 is 0. The van der Waals surface area contributed by atoms with E-state index in [1.807, 2.05) is 0 Å². The molecular formula is C9H19NO. The van der Waals surface area contributed by atoms with Crippen LogP contribution in [0.5, 0.6) is 0 Å². The SMILES string of the molecule is NCCC1(O)CCCCCC1. The summed E-state index contributed by atoms with van der Waals surface area (Å²) in [6, 6.07) is 0. The van der Waals surface area contributed by atoms with Gasteiger partial charge in [-0.15, -0.1) is 0 Å². The van der Waals surface area contributed by atoms with Gasteiger partial charge < -0.3 is 10.8 Å². The zero-order chi connectivity index (χ0) is 8.16. The van der Waals surface area contributed by atoms with Crippen LogP contribution in [0.25, 0.3) is 0 Å². The van der Waals surface area contributed by atoms with Crippen LogP contribution in [0.1, 0.15) is 44.9 Å². The van der Waals surface area contributed by atoms with Crippen LogP contribution in [0.4, 0.5) is 0 Å². The first-order valence-electron chi connectivity index (χ1n) is 4.69. The van der Waals surface area contributed by atoms with Gasteiger partial charge in [0.1, 0.15) is 0 Å². The van der Waals surface area contributed by atoms with Crippen LogP contribution >= 0.6 is 0 Å². The van der Waals surface area contributed by atoms with Crippen molar-refractivity contribution in [2.75, 3.05) is 6.54 Å². The van der Waals surface area contributed by atoms with Crippen molar-refractivity contribution in [2.45, 2.75) is 50.5 Å². The van der Waals surface area contributed by atoms with Gasteiger partial charge in [0.25, 0.3) is 0 Å². The molecule has 2 heteroatoms. The molecule has 1 rings (SSSR count). The van der Waals surface area contributed by atoms with Crippen LogP contribution in [0.3, 0.4) is 0 Å². The molecule has 2 nitrogen and oxygen atoms in total. The Morgan fingerprint density at radius 1 is 1.09 bits per heavy atom. The lowest BCUT2D eigenvalue weighted by Crippen LogP contribution is -2.30. The zero-order valence-corrected chi connectivity index (χ0v) is 7.18. The van der Waals surface area contributed by atoms with Crippen LogP contribution in [-0.4, -0.2) is 17.3 Å². The number of nitrogens with two attached hydrogens (primary N) is 1. The highest BCUT2D eigenvalue weighted by Crippen LogP contribution is 2.28. The summed E-state index contributed by atoms with van der Waals surface area (Å²) >= 11 is 0. The first-order valence-corrected chi connectivity index (χ1v) is 4.69. The topological polar surface area (TPSA) is 46.2 Å². The minimum Gasteiger partial charge on any atom is -0.390 e. The molecule has 66 valence electrons. The first-order chi connectivity index (χ1) is 5.27. The summed E-state index contributed by atoms with van der Waals surface area (Å²) in [5, 5.41) is 9.97. The maximum Gasteiger partial charge on any atom is 0.0659 e. The molecule has 0 aromatic heterocycles. The van der Waals surface area contributed by atoms with Gasteiger partial charge in [0.2, 0.25) is 0 Å². The molecule has 0 saturated heterocycles. The molecular weight excluding hydrogens is 138 g/mol. The van der Waals surface area contributed by atoms with E-state index in [0.717, 1.165) is 19.3 Å². The van der Waals surface area contributed by atoms with Gasteiger partial charge in [-0.2, -0.15) is 0 Å². The molecule has 0 amide bonds. The summed E-state index contributed by atoms with van der Waals surface area (Å²) in [5.41, 5.74) is 5.02. The number of hydrogen-bond acceptors (Lipinski definition) is 2. The predicted molar refractivity (Wildman–Crippen MR) is 46.3 cm³/mol. The Balaban J connectivity index is 2.38. The number of aliphatic hydroxyl groups is 1. The summed E-state index contributed by atoms with van der Waals surface area (Å²) in [4.78, 5) is 0. The molecule has 1 aliphatic rings. The van der Waals surface area contributed by atoms with Crippen molar-refractivity contribution in [3.8, 4) is 0 Å². The van der Waals surface area contributed by atoms with E-state index in [9.17, 15) is 5.11 Å². The van der Waals surface area contributed by atoms with Gasteiger partial charge in [0.05, 0.1) is 5.60 Å². The average molecular weight is 157 g/mol. The summed E-state index contributed by atoms with van der Waals surface area (Å²) in [5.74, 6) is 0. The van der Waals surface area contributed by atoms with E-state index in [1.165, 1.54) is 25.7 Å².